The number of rotatable bonds is 3. The van der Waals surface area contributed by atoms with E-state index in [9.17, 15) is 4.79 Å². The molecule has 0 aliphatic rings. The van der Waals surface area contributed by atoms with E-state index in [2.05, 4.69) is 15.9 Å². The summed E-state index contributed by atoms with van der Waals surface area (Å²) in [6, 6.07) is 1.97. The quantitative estimate of drug-likeness (QED) is 0.781. The normalized spacial score (nSPS) is 10.1. The third-order valence-electron chi connectivity index (χ3n) is 1.61. The second-order valence-electron chi connectivity index (χ2n) is 2.58. The average molecular weight is 283 g/mol. The van der Waals surface area contributed by atoms with Crippen molar-refractivity contribution in [2.45, 2.75) is 6.54 Å². The maximum Gasteiger partial charge on any atom is 0.237 e. The lowest BCUT2D eigenvalue weighted by atomic mass is 10.4. The van der Waals surface area contributed by atoms with Crippen molar-refractivity contribution in [1.82, 2.24) is 4.90 Å². The van der Waals surface area contributed by atoms with E-state index < -0.39 is 0 Å². The lowest BCUT2D eigenvalue weighted by Gasteiger charge is -2.14. The summed E-state index contributed by atoms with van der Waals surface area (Å²) in [5.41, 5.74) is 0. The van der Waals surface area contributed by atoms with Crippen LogP contribution in [0, 0.1) is 0 Å². The molecule has 72 valence electrons. The van der Waals surface area contributed by atoms with E-state index in [1.165, 1.54) is 0 Å². The van der Waals surface area contributed by atoms with Crippen molar-refractivity contribution >= 4 is 44.8 Å². The Morgan fingerprint density at radius 2 is 2.46 bits per heavy atom. The molecular formula is C8H9BrClNOS. The molecule has 1 aromatic rings. The third kappa shape index (κ3) is 2.97. The fourth-order valence-electron chi connectivity index (χ4n) is 0.844. The first-order valence-corrected chi connectivity index (χ1v) is 5.87. The first-order chi connectivity index (χ1) is 6.15. The van der Waals surface area contributed by atoms with Crippen molar-refractivity contribution < 1.29 is 4.79 Å². The predicted molar refractivity (Wildman–Crippen MR) is 59.2 cm³/mol. The minimum atomic E-state index is -0.0537. The van der Waals surface area contributed by atoms with Crippen LogP contribution in [0.4, 0.5) is 0 Å². The van der Waals surface area contributed by atoms with Crippen LogP contribution in [0.5, 0.6) is 0 Å². The van der Waals surface area contributed by atoms with Crippen LogP contribution in [0.2, 0.25) is 0 Å². The molecule has 0 bridgehead atoms. The number of carbonyl (C=O) groups excluding carboxylic acids is 1. The Hall–Kier alpha value is -0.0600. The Morgan fingerprint density at radius 3 is 2.92 bits per heavy atom. The molecule has 13 heavy (non-hydrogen) atoms. The molecule has 5 heteroatoms. The number of hydrogen-bond donors (Lipinski definition) is 0. The first-order valence-electron chi connectivity index (χ1n) is 3.67. The molecule has 2 nitrogen and oxygen atoms in total. The van der Waals surface area contributed by atoms with Gasteiger partial charge in [0.15, 0.2) is 0 Å². The van der Waals surface area contributed by atoms with E-state index in [0.29, 0.717) is 6.54 Å². The van der Waals surface area contributed by atoms with E-state index in [4.69, 9.17) is 11.6 Å². The molecule has 0 atom stereocenters. The maximum atomic E-state index is 11.1. The largest absolute Gasteiger partial charge is 0.340 e. The fraction of sp³-hybridized carbons (Fsp3) is 0.375. The van der Waals surface area contributed by atoms with E-state index in [1.807, 2.05) is 11.4 Å². The summed E-state index contributed by atoms with van der Waals surface area (Å²) in [6.07, 6.45) is 0. The van der Waals surface area contributed by atoms with Crippen LogP contribution >= 0.6 is 38.9 Å². The Bertz CT molecular complexity index is 302. The molecule has 0 aliphatic carbocycles. The van der Waals surface area contributed by atoms with Crippen LogP contribution in [0.15, 0.2) is 15.9 Å². The van der Waals surface area contributed by atoms with Crippen molar-refractivity contribution in [3.05, 3.63) is 20.8 Å². The maximum absolute atomic E-state index is 11.1. The molecule has 0 radical (unpaired) electrons. The van der Waals surface area contributed by atoms with E-state index >= 15 is 0 Å². The Morgan fingerprint density at radius 1 is 1.77 bits per heavy atom. The van der Waals surface area contributed by atoms with Gasteiger partial charge in [-0.3, -0.25) is 4.79 Å². The Kier molecular flexibility index (Phi) is 4.22. The van der Waals surface area contributed by atoms with E-state index in [0.717, 1.165) is 9.35 Å². The number of alkyl halides is 1. The zero-order valence-electron chi connectivity index (χ0n) is 7.09. The number of thiophene rings is 1. The number of carbonyl (C=O) groups is 1. The van der Waals surface area contributed by atoms with Crippen molar-refractivity contribution in [3.8, 4) is 0 Å². The zero-order chi connectivity index (χ0) is 9.84. The van der Waals surface area contributed by atoms with Gasteiger partial charge in [-0.25, -0.2) is 0 Å². The predicted octanol–water partition coefficient (Wildman–Crippen LogP) is 2.71. The van der Waals surface area contributed by atoms with Gasteiger partial charge in [0.2, 0.25) is 5.91 Å². The van der Waals surface area contributed by atoms with Gasteiger partial charge in [0.05, 0.1) is 6.54 Å². The molecule has 0 spiro atoms. The van der Waals surface area contributed by atoms with E-state index in [-0.39, 0.29) is 11.8 Å². The standard InChI is InChI=1S/C8H9BrClNOS/c1-11(8(12)4-10)5-7-6(9)2-3-13-7/h2-3H,4-5H2,1H3. The molecule has 0 unspecified atom stereocenters. The molecule has 1 rings (SSSR count). The van der Waals surface area contributed by atoms with Crippen molar-refractivity contribution in [1.29, 1.82) is 0 Å². The smallest absolute Gasteiger partial charge is 0.237 e. The summed E-state index contributed by atoms with van der Waals surface area (Å²) in [6.45, 7) is 0.615. The summed E-state index contributed by atoms with van der Waals surface area (Å²) in [5, 5.41) is 1.98. The van der Waals surface area contributed by atoms with Crippen molar-refractivity contribution in [2.24, 2.45) is 0 Å². The lowest BCUT2D eigenvalue weighted by Crippen LogP contribution is -2.26. The summed E-state index contributed by atoms with van der Waals surface area (Å²) < 4.78 is 1.05. The summed E-state index contributed by atoms with van der Waals surface area (Å²) in [5.74, 6) is -0.0126. The lowest BCUT2D eigenvalue weighted by molar-refractivity contribution is -0.127. The highest BCUT2D eigenvalue weighted by atomic mass is 79.9. The summed E-state index contributed by atoms with van der Waals surface area (Å²) in [7, 11) is 1.75. The van der Waals surface area contributed by atoms with Gasteiger partial charge in [-0.05, 0) is 27.4 Å². The number of halogens is 2. The van der Waals surface area contributed by atoms with Gasteiger partial charge in [-0.2, -0.15) is 0 Å². The molecular weight excluding hydrogens is 274 g/mol. The second-order valence-corrected chi connectivity index (χ2v) is 4.70. The van der Waals surface area contributed by atoms with Crippen LogP contribution in [-0.4, -0.2) is 23.7 Å². The van der Waals surface area contributed by atoms with E-state index in [1.54, 1.807) is 23.3 Å². The van der Waals surface area contributed by atoms with Crippen LogP contribution in [-0.2, 0) is 11.3 Å². The van der Waals surface area contributed by atoms with Crippen LogP contribution in [0.3, 0.4) is 0 Å². The van der Waals surface area contributed by atoms with Gasteiger partial charge in [0, 0.05) is 16.4 Å². The molecule has 1 aromatic heterocycles. The van der Waals surface area contributed by atoms with Gasteiger partial charge in [0.25, 0.3) is 0 Å². The van der Waals surface area contributed by atoms with Gasteiger partial charge in [0.1, 0.15) is 5.88 Å². The molecule has 1 heterocycles. The van der Waals surface area contributed by atoms with Crippen LogP contribution in [0.1, 0.15) is 4.88 Å². The minimum Gasteiger partial charge on any atom is -0.340 e. The second kappa shape index (κ2) is 4.98. The van der Waals surface area contributed by atoms with Gasteiger partial charge in [-0.1, -0.05) is 0 Å². The highest BCUT2D eigenvalue weighted by Gasteiger charge is 2.09. The van der Waals surface area contributed by atoms with Crippen LogP contribution in [0.25, 0.3) is 0 Å². The summed E-state index contributed by atoms with van der Waals surface area (Å²) in [4.78, 5) is 13.9. The topological polar surface area (TPSA) is 20.3 Å². The number of hydrogen-bond acceptors (Lipinski definition) is 2. The molecule has 0 aliphatic heterocycles. The molecule has 0 fully saturated rings. The van der Waals surface area contributed by atoms with Crippen molar-refractivity contribution in [3.63, 3.8) is 0 Å². The minimum absolute atomic E-state index is 0.0412. The molecule has 1 amide bonds. The summed E-state index contributed by atoms with van der Waals surface area (Å²) >= 11 is 10.5. The molecule has 0 aromatic carbocycles. The molecule has 0 saturated heterocycles. The fourth-order valence-corrected chi connectivity index (χ4v) is 2.58. The first kappa shape index (κ1) is 11.0. The highest BCUT2D eigenvalue weighted by molar-refractivity contribution is 9.10. The third-order valence-corrected chi connectivity index (χ3v) is 3.75. The van der Waals surface area contributed by atoms with Gasteiger partial charge in [-0.15, -0.1) is 22.9 Å². The highest BCUT2D eigenvalue weighted by Crippen LogP contribution is 2.23. The van der Waals surface area contributed by atoms with Gasteiger partial charge >= 0.3 is 0 Å². The van der Waals surface area contributed by atoms with Crippen molar-refractivity contribution in [2.75, 3.05) is 12.9 Å². The van der Waals surface area contributed by atoms with Crippen LogP contribution < -0.4 is 0 Å². The Balaban J connectivity index is 2.59. The number of nitrogens with zero attached hydrogens (tertiary/aromatic N) is 1. The molecule has 0 N–H and O–H groups in total. The monoisotopic (exact) mass is 281 g/mol. The zero-order valence-corrected chi connectivity index (χ0v) is 10.2. The SMILES string of the molecule is CN(Cc1sccc1Br)C(=O)CCl. The van der Waals surface area contributed by atoms with Gasteiger partial charge < -0.3 is 4.90 Å². The number of amides is 1. The molecule has 0 saturated carbocycles. The average Bonchev–Trinajstić information content (AvgIpc) is 2.50. The Labute approximate surface area is 94.6 Å².